The van der Waals surface area contributed by atoms with Crippen molar-refractivity contribution in [2.24, 2.45) is 0 Å². The van der Waals surface area contributed by atoms with Crippen molar-refractivity contribution in [3.8, 4) is 6.07 Å². The number of hydrogen-bond donors (Lipinski definition) is 4. The molecule has 3 aromatic heterocycles. The molecule has 2 unspecified atom stereocenters. The molecule has 9 nitrogen and oxygen atoms in total. The molecule has 2 aliphatic rings. The second kappa shape index (κ2) is 10.2. The minimum Gasteiger partial charge on any atom is -0.391 e. The average molecular weight is 475 g/mol. The highest BCUT2D eigenvalue weighted by Crippen LogP contribution is 2.40. The van der Waals surface area contributed by atoms with Gasteiger partial charge in [0.2, 0.25) is 0 Å². The Labute approximate surface area is 206 Å². The molecule has 3 aromatic rings. The summed E-state index contributed by atoms with van der Waals surface area (Å²) in [4.78, 5) is 11.9. The van der Waals surface area contributed by atoms with Crippen LogP contribution < -0.4 is 10.6 Å². The van der Waals surface area contributed by atoms with Crippen LogP contribution in [0.1, 0.15) is 57.6 Å². The van der Waals surface area contributed by atoms with Crippen LogP contribution in [-0.2, 0) is 0 Å². The van der Waals surface area contributed by atoms with E-state index in [9.17, 15) is 10.4 Å². The molecular weight excluding hydrogens is 440 g/mol. The molecule has 35 heavy (non-hydrogen) atoms. The number of nitriles is 1. The lowest BCUT2D eigenvalue weighted by atomic mass is 9.91. The number of nitrogens with one attached hydrogen (secondary N) is 3. The first-order chi connectivity index (χ1) is 17.1. The molecule has 0 aromatic carbocycles. The maximum Gasteiger partial charge on any atom is 0.153 e. The predicted octanol–water partition coefficient (Wildman–Crippen LogP) is 4.26. The number of aromatic amines is 1. The molecule has 0 saturated carbocycles. The quantitative estimate of drug-likeness (QED) is 0.363. The van der Waals surface area contributed by atoms with Crippen LogP contribution in [-0.4, -0.2) is 60.4 Å². The molecule has 5 heterocycles. The zero-order chi connectivity index (χ0) is 24.4. The van der Waals surface area contributed by atoms with Gasteiger partial charge in [0.25, 0.3) is 0 Å². The summed E-state index contributed by atoms with van der Waals surface area (Å²) in [5.74, 6) is 2.24. The van der Waals surface area contributed by atoms with Gasteiger partial charge in [-0.1, -0.05) is 13.3 Å². The molecule has 0 aliphatic carbocycles. The number of nitrogens with zero attached hydrogens (tertiary/aromatic N) is 5. The fourth-order valence-corrected chi connectivity index (χ4v) is 5.95. The number of hydrogen-bond acceptors (Lipinski definition) is 8. The Hall–Kier alpha value is -3.22. The van der Waals surface area contributed by atoms with E-state index in [0.29, 0.717) is 24.3 Å². The lowest BCUT2D eigenvalue weighted by Crippen LogP contribution is -2.55. The standard InChI is InChI=1S/C26H34N8O/c1-3-5-23(35)22(9-10-27)34-18-7-8-19(34)14-17(13-18)29-26-20-6-4-11-28-21(20)15-24(31-26)30-25-12-16(2)32-33-25/h4,6,11-12,15,17-19,22-23,35H,3,5,7-9,13-14H2,1-2H3,(H3,29,30,31,32,33)/t17-,18-,19+,22?,23?. The number of aliphatic hydroxyl groups excluding tert-OH is 1. The van der Waals surface area contributed by atoms with E-state index in [0.717, 1.165) is 66.8 Å². The highest BCUT2D eigenvalue weighted by molar-refractivity contribution is 5.91. The fraction of sp³-hybridized carbons (Fsp3) is 0.538. The number of fused-ring (bicyclic) bond motifs is 3. The highest BCUT2D eigenvalue weighted by Gasteiger charge is 2.45. The first-order valence-electron chi connectivity index (χ1n) is 12.7. The van der Waals surface area contributed by atoms with Crippen LogP contribution >= 0.6 is 0 Å². The third-order valence-electron chi connectivity index (χ3n) is 7.40. The van der Waals surface area contributed by atoms with E-state index in [-0.39, 0.29) is 12.1 Å². The lowest BCUT2D eigenvalue weighted by molar-refractivity contribution is -0.00181. The number of piperidine rings is 1. The summed E-state index contributed by atoms with van der Waals surface area (Å²) in [6.07, 6.45) is 7.55. The van der Waals surface area contributed by atoms with Gasteiger partial charge in [-0.3, -0.25) is 15.0 Å². The molecule has 0 radical (unpaired) electrons. The maximum atomic E-state index is 10.8. The summed E-state index contributed by atoms with van der Waals surface area (Å²) < 4.78 is 0. The lowest BCUT2D eigenvalue weighted by Gasteiger charge is -2.44. The summed E-state index contributed by atoms with van der Waals surface area (Å²) in [6.45, 7) is 4.05. The van der Waals surface area contributed by atoms with E-state index >= 15 is 0 Å². The smallest absolute Gasteiger partial charge is 0.153 e. The molecule has 5 rings (SSSR count). The average Bonchev–Trinajstić information content (AvgIpc) is 3.36. The van der Waals surface area contributed by atoms with Gasteiger partial charge in [-0.05, 0) is 51.2 Å². The van der Waals surface area contributed by atoms with Crippen molar-refractivity contribution in [2.45, 2.75) is 89.1 Å². The molecule has 2 fully saturated rings. The minimum atomic E-state index is -0.447. The molecule has 4 N–H and O–H groups in total. The first kappa shape index (κ1) is 23.5. The Balaban J connectivity index is 1.36. The van der Waals surface area contributed by atoms with Crippen molar-refractivity contribution in [3.63, 3.8) is 0 Å². The summed E-state index contributed by atoms with van der Waals surface area (Å²) >= 11 is 0. The summed E-state index contributed by atoms with van der Waals surface area (Å²) in [5.41, 5.74) is 1.85. The third-order valence-corrected chi connectivity index (χ3v) is 7.40. The zero-order valence-electron chi connectivity index (χ0n) is 20.4. The van der Waals surface area contributed by atoms with Crippen LogP contribution in [0.25, 0.3) is 10.9 Å². The molecular formula is C26H34N8O. The van der Waals surface area contributed by atoms with E-state index in [4.69, 9.17) is 4.98 Å². The van der Waals surface area contributed by atoms with Gasteiger partial charge >= 0.3 is 0 Å². The van der Waals surface area contributed by atoms with Gasteiger partial charge in [0.05, 0.1) is 24.1 Å². The number of aromatic nitrogens is 4. The van der Waals surface area contributed by atoms with Gasteiger partial charge in [0.15, 0.2) is 5.82 Å². The van der Waals surface area contributed by atoms with Gasteiger partial charge in [0, 0.05) is 53.6 Å². The van der Waals surface area contributed by atoms with E-state index in [2.05, 4.69) is 43.7 Å². The van der Waals surface area contributed by atoms with Gasteiger partial charge in [-0.25, -0.2) is 4.98 Å². The van der Waals surface area contributed by atoms with Crippen molar-refractivity contribution >= 4 is 28.4 Å². The molecule has 5 atom stereocenters. The van der Waals surface area contributed by atoms with Crippen LogP contribution in [0.3, 0.4) is 0 Å². The SMILES string of the molecule is CCCC(O)C(CC#N)N1[C@@H]2CC[C@H]1C[C@H](Nc1nc(Nc3cc(C)[nH]n3)cc3ncccc13)C2. The summed E-state index contributed by atoms with van der Waals surface area (Å²) in [6, 6.07) is 11.1. The van der Waals surface area contributed by atoms with Crippen LogP contribution in [0, 0.1) is 18.3 Å². The topological polar surface area (TPSA) is 126 Å². The molecule has 9 heteroatoms. The van der Waals surface area contributed by atoms with Gasteiger partial charge in [0.1, 0.15) is 11.6 Å². The summed E-state index contributed by atoms with van der Waals surface area (Å²) in [7, 11) is 0. The Morgan fingerprint density at radius 3 is 2.74 bits per heavy atom. The van der Waals surface area contributed by atoms with Gasteiger partial charge < -0.3 is 15.7 Å². The fourth-order valence-electron chi connectivity index (χ4n) is 5.95. The van der Waals surface area contributed by atoms with E-state index in [1.54, 1.807) is 6.20 Å². The zero-order valence-corrected chi connectivity index (χ0v) is 20.4. The normalized spacial score (nSPS) is 23.7. The molecule has 184 valence electrons. The number of aryl methyl sites for hydroxylation is 1. The van der Waals surface area contributed by atoms with Gasteiger partial charge in [-0.15, -0.1) is 0 Å². The van der Waals surface area contributed by atoms with Crippen molar-refractivity contribution in [1.82, 2.24) is 25.1 Å². The number of rotatable bonds is 9. The molecule has 2 bridgehead atoms. The highest BCUT2D eigenvalue weighted by atomic mass is 16.3. The molecule has 2 saturated heterocycles. The molecule has 2 aliphatic heterocycles. The maximum absolute atomic E-state index is 10.8. The van der Waals surface area contributed by atoms with Crippen molar-refractivity contribution in [2.75, 3.05) is 10.6 Å². The second-order valence-electron chi connectivity index (χ2n) is 9.92. The first-order valence-corrected chi connectivity index (χ1v) is 12.7. The van der Waals surface area contributed by atoms with Crippen molar-refractivity contribution in [1.29, 1.82) is 5.26 Å². The number of H-pyrrole nitrogens is 1. The third kappa shape index (κ3) is 4.95. The Kier molecular flexibility index (Phi) is 6.84. The largest absolute Gasteiger partial charge is 0.391 e. The second-order valence-corrected chi connectivity index (χ2v) is 9.92. The van der Waals surface area contributed by atoms with Gasteiger partial charge in [-0.2, -0.15) is 10.4 Å². The van der Waals surface area contributed by atoms with E-state index in [1.807, 2.05) is 31.2 Å². The number of aliphatic hydroxyl groups is 1. The van der Waals surface area contributed by atoms with Crippen LogP contribution in [0.4, 0.5) is 17.5 Å². The van der Waals surface area contributed by atoms with Crippen LogP contribution in [0.5, 0.6) is 0 Å². The monoisotopic (exact) mass is 474 g/mol. The Morgan fingerprint density at radius 2 is 2.06 bits per heavy atom. The van der Waals surface area contributed by atoms with Crippen molar-refractivity contribution in [3.05, 3.63) is 36.2 Å². The van der Waals surface area contributed by atoms with E-state index in [1.165, 1.54) is 0 Å². The van der Waals surface area contributed by atoms with Crippen molar-refractivity contribution < 1.29 is 5.11 Å². The Morgan fingerprint density at radius 1 is 1.26 bits per heavy atom. The Bertz CT molecular complexity index is 1190. The van der Waals surface area contributed by atoms with Crippen LogP contribution in [0.15, 0.2) is 30.5 Å². The molecule has 0 amide bonds. The predicted molar refractivity (Wildman–Crippen MR) is 136 cm³/mol. The minimum absolute atomic E-state index is 0.0774. The summed E-state index contributed by atoms with van der Waals surface area (Å²) in [5, 5.41) is 35.4. The number of pyridine rings is 2. The van der Waals surface area contributed by atoms with Crippen LogP contribution in [0.2, 0.25) is 0 Å². The molecule has 0 spiro atoms. The van der Waals surface area contributed by atoms with E-state index < -0.39 is 6.10 Å². The number of anilines is 3.